The van der Waals surface area contributed by atoms with Crippen LogP contribution >= 0.6 is 0 Å². The maximum Gasteiger partial charge on any atom is 0.420 e. The molecule has 1 unspecified atom stereocenters. The summed E-state index contributed by atoms with van der Waals surface area (Å²) in [6, 6.07) is 35.9. The first-order valence-corrected chi connectivity index (χ1v) is 12.7. The lowest BCUT2D eigenvalue weighted by Gasteiger charge is -2.21. The van der Waals surface area contributed by atoms with Crippen LogP contribution in [-0.4, -0.2) is 29.8 Å². The molecule has 2 amide bonds. The molecule has 0 N–H and O–H groups in total. The molecule has 1 aliphatic rings. The monoisotopic (exact) mass is 516 g/mol. The summed E-state index contributed by atoms with van der Waals surface area (Å²) in [7, 11) is 1.57. The summed E-state index contributed by atoms with van der Waals surface area (Å²) >= 11 is 0. The van der Waals surface area contributed by atoms with Crippen molar-refractivity contribution >= 4 is 23.9 Å². The molecule has 5 rings (SSSR count). The number of allylic oxidation sites excluding steroid dienone is 1. The van der Waals surface area contributed by atoms with Crippen LogP contribution in [0.4, 0.5) is 4.79 Å². The predicted octanol–water partition coefficient (Wildman–Crippen LogP) is 7.10. The number of hydrogen-bond donors (Lipinski definition) is 0. The molecule has 1 atom stereocenters. The SMILES string of the molecule is COc1ccc(C(=O)/N=C2/CC(c3ccccc3)/C(=C/c3ccccc3)N2C(=O)OCc2ccccc2)cc1. The van der Waals surface area contributed by atoms with E-state index in [4.69, 9.17) is 9.47 Å². The van der Waals surface area contributed by atoms with Gasteiger partial charge in [0.2, 0.25) is 0 Å². The van der Waals surface area contributed by atoms with Gasteiger partial charge in [-0.2, -0.15) is 4.99 Å². The van der Waals surface area contributed by atoms with Crippen molar-refractivity contribution in [3.05, 3.63) is 143 Å². The van der Waals surface area contributed by atoms with Gasteiger partial charge in [0.15, 0.2) is 0 Å². The lowest BCUT2D eigenvalue weighted by molar-refractivity contribution is 0.100. The van der Waals surface area contributed by atoms with Gasteiger partial charge < -0.3 is 9.47 Å². The number of benzene rings is 4. The van der Waals surface area contributed by atoms with Crippen LogP contribution in [0.3, 0.4) is 0 Å². The molecule has 1 saturated heterocycles. The Morgan fingerprint density at radius 3 is 2.10 bits per heavy atom. The fourth-order valence-electron chi connectivity index (χ4n) is 4.55. The number of amidine groups is 1. The Kier molecular flexibility index (Phi) is 7.93. The summed E-state index contributed by atoms with van der Waals surface area (Å²) < 4.78 is 11.0. The number of rotatable bonds is 6. The van der Waals surface area contributed by atoms with Gasteiger partial charge in [-0.25, -0.2) is 9.69 Å². The Labute approximate surface area is 227 Å². The van der Waals surface area contributed by atoms with Crippen LogP contribution in [0.1, 0.15) is 39.4 Å². The van der Waals surface area contributed by atoms with Crippen LogP contribution in [0.5, 0.6) is 5.75 Å². The normalized spacial score (nSPS) is 16.8. The highest BCUT2D eigenvalue weighted by Crippen LogP contribution is 2.40. The number of ether oxygens (including phenoxy) is 2. The summed E-state index contributed by atoms with van der Waals surface area (Å²) in [6.45, 7) is 0.102. The molecule has 0 aromatic heterocycles. The molecule has 0 bridgehead atoms. The van der Waals surface area contributed by atoms with E-state index in [1.54, 1.807) is 31.4 Å². The van der Waals surface area contributed by atoms with E-state index in [-0.39, 0.29) is 12.5 Å². The van der Waals surface area contributed by atoms with Crippen molar-refractivity contribution in [3.63, 3.8) is 0 Å². The molecule has 1 aliphatic heterocycles. The zero-order valence-electron chi connectivity index (χ0n) is 21.6. The third-order valence-corrected chi connectivity index (χ3v) is 6.53. The van der Waals surface area contributed by atoms with E-state index in [2.05, 4.69) is 4.99 Å². The molecule has 0 radical (unpaired) electrons. The summed E-state index contributed by atoms with van der Waals surface area (Å²) in [5.74, 6) is 0.340. The largest absolute Gasteiger partial charge is 0.497 e. The van der Waals surface area contributed by atoms with Gasteiger partial charge in [0.25, 0.3) is 5.91 Å². The topological polar surface area (TPSA) is 68.2 Å². The van der Waals surface area contributed by atoms with Crippen molar-refractivity contribution in [3.8, 4) is 5.75 Å². The molecule has 1 fully saturated rings. The van der Waals surface area contributed by atoms with Gasteiger partial charge in [0, 0.05) is 23.6 Å². The zero-order valence-corrected chi connectivity index (χ0v) is 21.6. The fraction of sp³-hybridized carbons (Fsp3) is 0.121. The van der Waals surface area contributed by atoms with Crippen molar-refractivity contribution in [1.29, 1.82) is 0 Å². The third-order valence-electron chi connectivity index (χ3n) is 6.53. The molecule has 6 nitrogen and oxygen atoms in total. The molecule has 6 heteroatoms. The lowest BCUT2D eigenvalue weighted by Crippen LogP contribution is -2.32. The van der Waals surface area contributed by atoms with Crippen LogP contribution < -0.4 is 4.74 Å². The van der Waals surface area contributed by atoms with Gasteiger partial charge in [-0.15, -0.1) is 0 Å². The van der Waals surface area contributed by atoms with Gasteiger partial charge in [0.05, 0.1) is 7.11 Å². The van der Waals surface area contributed by atoms with Crippen LogP contribution in [0, 0.1) is 0 Å². The number of nitrogens with zero attached hydrogens (tertiary/aromatic N) is 2. The molecular weight excluding hydrogens is 488 g/mol. The number of likely N-dealkylation sites (tertiary alicyclic amines) is 1. The van der Waals surface area contributed by atoms with E-state index in [9.17, 15) is 9.59 Å². The fourth-order valence-corrected chi connectivity index (χ4v) is 4.55. The molecule has 1 heterocycles. The molecule has 194 valence electrons. The highest BCUT2D eigenvalue weighted by atomic mass is 16.6. The molecule has 0 aliphatic carbocycles. The molecular formula is C33H28N2O4. The van der Waals surface area contributed by atoms with E-state index in [1.807, 2.05) is 97.1 Å². The second-order valence-corrected chi connectivity index (χ2v) is 9.08. The van der Waals surface area contributed by atoms with Crippen molar-refractivity contribution in [2.24, 2.45) is 4.99 Å². The minimum Gasteiger partial charge on any atom is -0.497 e. The maximum atomic E-state index is 13.7. The summed E-state index contributed by atoms with van der Waals surface area (Å²) in [5, 5.41) is 0. The summed E-state index contributed by atoms with van der Waals surface area (Å²) in [6.07, 6.45) is 1.74. The third kappa shape index (κ3) is 6.13. The minimum atomic E-state index is -0.583. The molecule has 0 spiro atoms. The Balaban J connectivity index is 1.55. The van der Waals surface area contributed by atoms with E-state index < -0.39 is 12.0 Å². The first kappa shape index (κ1) is 25.7. The molecule has 4 aromatic rings. The lowest BCUT2D eigenvalue weighted by atomic mass is 9.94. The Hall–Kier alpha value is -4.97. The smallest absolute Gasteiger partial charge is 0.420 e. The van der Waals surface area contributed by atoms with Gasteiger partial charge in [0.1, 0.15) is 18.2 Å². The average molecular weight is 517 g/mol. The number of carbonyl (C=O) groups is 2. The highest BCUT2D eigenvalue weighted by Gasteiger charge is 2.39. The van der Waals surface area contributed by atoms with Crippen LogP contribution in [0.15, 0.2) is 126 Å². The quantitative estimate of drug-likeness (QED) is 0.274. The summed E-state index contributed by atoms with van der Waals surface area (Å²) in [4.78, 5) is 32.8. The van der Waals surface area contributed by atoms with Crippen molar-refractivity contribution in [1.82, 2.24) is 4.90 Å². The van der Waals surface area contributed by atoms with Gasteiger partial charge in [-0.1, -0.05) is 91.0 Å². The minimum absolute atomic E-state index is 0.102. The number of methoxy groups -OCH3 is 1. The van der Waals surface area contributed by atoms with Crippen molar-refractivity contribution in [2.75, 3.05) is 7.11 Å². The first-order chi connectivity index (χ1) is 19.1. The predicted molar refractivity (Wildman–Crippen MR) is 151 cm³/mol. The van der Waals surface area contributed by atoms with Gasteiger partial charge >= 0.3 is 6.09 Å². The second-order valence-electron chi connectivity index (χ2n) is 9.08. The standard InChI is InChI=1S/C33H28N2O4/c1-38-28-19-17-27(18-20-28)32(36)34-31-22-29(26-15-9-4-10-16-26)30(21-24-11-5-2-6-12-24)35(31)33(37)39-23-25-13-7-3-8-14-25/h2-21,29H,22-23H2,1H3/b30-21-,34-31-. The van der Waals surface area contributed by atoms with Gasteiger partial charge in [-0.05, 0) is 47.0 Å². The first-order valence-electron chi connectivity index (χ1n) is 12.7. The van der Waals surface area contributed by atoms with Crippen LogP contribution in [0.25, 0.3) is 6.08 Å². The van der Waals surface area contributed by atoms with E-state index >= 15 is 0 Å². The van der Waals surface area contributed by atoms with Crippen molar-refractivity contribution < 1.29 is 19.1 Å². The van der Waals surface area contributed by atoms with Crippen LogP contribution in [-0.2, 0) is 11.3 Å². The number of hydrogen-bond acceptors (Lipinski definition) is 4. The highest BCUT2D eigenvalue weighted by molar-refractivity contribution is 6.09. The maximum absolute atomic E-state index is 13.7. The van der Waals surface area contributed by atoms with Crippen molar-refractivity contribution in [2.45, 2.75) is 18.9 Å². The van der Waals surface area contributed by atoms with E-state index in [1.165, 1.54) is 4.90 Å². The average Bonchev–Trinajstić information content (AvgIpc) is 3.34. The molecule has 4 aromatic carbocycles. The van der Waals surface area contributed by atoms with Gasteiger partial charge in [-0.3, -0.25) is 4.79 Å². The number of amides is 2. The second kappa shape index (κ2) is 12.0. The summed E-state index contributed by atoms with van der Waals surface area (Å²) in [5.41, 5.74) is 3.91. The van der Waals surface area contributed by atoms with E-state index in [0.29, 0.717) is 29.3 Å². The molecule has 0 saturated carbocycles. The van der Waals surface area contributed by atoms with E-state index in [0.717, 1.165) is 16.7 Å². The number of carbonyl (C=O) groups excluding carboxylic acids is 2. The number of aliphatic imine (C=N–C) groups is 1. The Bertz CT molecular complexity index is 1480. The van der Waals surface area contributed by atoms with Crippen LogP contribution in [0.2, 0.25) is 0 Å². The Morgan fingerprint density at radius 2 is 1.46 bits per heavy atom. The Morgan fingerprint density at radius 1 is 0.846 bits per heavy atom. The molecule has 39 heavy (non-hydrogen) atoms. The zero-order chi connectivity index (χ0) is 27.0.